The van der Waals surface area contributed by atoms with Crippen LogP contribution in [0.4, 0.5) is 5.69 Å². The molecule has 0 aliphatic heterocycles. The molecule has 0 fully saturated rings. The summed E-state index contributed by atoms with van der Waals surface area (Å²) in [6.45, 7) is 1.48. The predicted molar refractivity (Wildman–Crippen MR) is 79.9 cm³/mol. The molecule has 0 aromatic heterocycles. The molecule has 0 spiro atoms. The molecule has 0 bridgehead atoms. The van der Waals surface area contributed by atoms with Gasteiger partial charge in [0.15, 0.2) is 11.7 Å². The number of nitrogens with zero attached hydrogens (tertiary/aromatic N) is 1. The highest BCUT2D eigenvalue weighted by Gasteiger charge is 2.19. The first-order valence-electron chi connectivity index (χ1n) is 6.48. The van der Waals surface area contributed by atoms with Crippen molar-refractivity contribution < 1.29 is 9.59 Å². The quantitative estimate of drug-likeness (QED) is 0.873. The minimum absolute atomic E-state index is 0.0351. The summed E-state index contributed by atoms with van der Waals surface area (Å²) < 4.78 is 0. The van der Waals surface area contributed by atoms with E-state index < -0.39 is 5.92 Å². The largest absolute Gasteiger partial charge is 0.325 e. The standard InChI is InChI=1S/C17H14N2O2/c1-12(20)13-7-9-15(10-8-13)19-17(21)16(11-18)14-5-3-2-4-6-14/h2-10,16H,1H3,(H,19,21). The number of anilines is 1. The van der Waals surface area contributed by atoms with Gasteiger partial charge >= 0.3 is 0 Å². The molecular formula is C17H14N2O2. The van der Waals surface area contributed by atoms with Crippen LogP contribution in [0.25, 0.3) is 0 Å². The second-order valence-electron chi connectivity index (χ2n) is 4.60. The molecule has 104 valence electrons. The maximum Gasteiger partial charge on any atom is 0.246 e. The molecule has 0 aliphatic rings. The van der Waals surface area contributed by atoms with E-state index in [0.717, 1.165) is 0 Å². The number of hydrogen-bond acceptors (Lipinski definition) is 3. The van der Waals surface area contributed by atoms with Crippen molar-refractivity contribution in [1.82, 2.24) is 0 Å². The van der Waals surface area contributed by atoms with Gasteiger partial charge in [-0.05, 0) is 36.8 Å². The van der Waals surface area contributed by atoms with Gasteiger partial charge in [-0.1, -0.05) is 30.3 Å². The summed E-state index contributed by atoms with van der Waals surface area (Å²) in [7, 11) is 0. The lowest BCUT2D eigenvalue weighted by Gasteiger charge is -2.10. The molecule has 1 unspecified atom stereocenters. The van der Waals surface area contributed by atoms with Crippen molar-refractivity contribution in [3.05, 3.63) is 65.7 Å². The second-order valence-corrected chi connectivity index (χ2v) is 4.60. The van der Waals surface area contributed by atoms with Crippen LogP contribution in [0.1, 0.15) is 28.8 Å². The number of ketones is 1. The fourth-order valence-corrected chi connectivity index (χ4v) is 1.93. The third kappa shape index (κ3) is 3.54. The summed E-state index contributed by atoms with van der Waals surface area (Å²) in [5.41, 5.74) is 1.78. The highest BCUT2D eigenvalue weighted by atomic mass is 16.2. The summed E-state index contributed by atoms with van der Waals surface area (Å²) in [4.78, 5) is 23.4. The molecule has 1 amide bonds. The maximum atomic E-state index is 12.2. The summed E-state index contributed by atoms with van der Waals surface area (Å²) in [5.74, 6) is -1.29. The zero-order valence-electron chi connectivity index (χ0n) is 11.5. The number of carbonyl (C=O) groups excluding carboxylic acids is 2. The molecule has 0 saturated carbocycles. The van der Waals surface area contributed by atoms with Gasteiger partial charge in [0.05, 0.1) is 6.07 Å². The molecule has 0 saturated heterocycles. The van der Waals surface area contributed by atoms with Gasteiger partial charge in [-0.15, -0.1) is 0 Å². The molecule has 4 heteroatoms. The first kappa shape index (κ1) is 14.5. The predicted octanol–water partition coefficient (Wildman–Crippen LogP) is 3.14. The summed E-state index contributed by atoms with van der Waals surface area (Å²) in [6.07, 6.45) is 0. The van der Waals surface area contributed by atoms with E-state index in [-0.39, 0.29) is 11.7 Å². The lowest BCUT2D eigenvalue weighted by atomic mass is 10.00. The smallest absolute Gasteiger partial charge is 0.246 e. The van der Waals surface area contributed by atoms with E-state index in [1.54, 1.807) is 48.5 Å². The van der Waals surface area contributed by atoms with E-state index in [1.807, 2.05) is 12.1 Å². The van der Waals surface area contributed by atoms with Crippen molar-refractivity contribution in [3.8, 4) is 6.07 Å². The van der Waals surface area contributed by atoms with E-state index in [9.17, 15) is 14.9 Å². The Bertz CT molecular complexity index is 685. The Kier molecular flexibility index (Phi) is 4.47. The highest BCUT2D eigenvalue weighted by Crippen LogP contribution is 2.18. The number of carbonyl (C=O) groups is 2. The van der Waals surface area contributed by atoms with Gasteiger partial charge in [0.1, 0.15) is 0 Å². The van der Waals surface area contributed by atoms with Crippen molar-refractivity contribution >= 4 is 17.4 Å². The Balaban J connectivity index is 2.13. The molecule has 0 aliphatic carbocycles. The van der Waals surface area contributed by atoms with E-state index in [2.05, 4.69) is 5.32 Å². The number of nitrogens with one attached hydrogen (secondary N) is 1. The SMILES string of the molecule is CC(=O)c1ccc(NC(=O)C(C#N)c2ccccc2)cc1. The first-order chi connectivity index (χ1) is 10.1. The zero-order chi connectivity index (χ0) is 15.2. The number of hydrogen-bond donors (Lipinski definition) is 1. The number of nitriles is 1. The minimum Gasteiger partial charge on any atom is -0.325 e. The maximum absolute atomic E-state index is 12.2. The van der Waals surface area contributed by atoms with Crippen molar-refractivity contribution in [2.24, 2.45) is 0 Å². The molecule has 0 heterocycles. The van der Waals surface area contributed by atoms with E-state index >= 15 is 0 Å². The van der Waals surface area contributed by atoms with Crippen molar-refractivity contribution in [2.75, 3.05) is 5.32 Å². The number of benzene rings is 2. The van der Waals surface area contributed by atoms with Gasteiger partial charge in [0.25, 0.3) is 0 Å². The molecule has 1 N–H and O–H groups in total. The Morgan fingerprint density at radius 3 is 2.19 bits per heavy atom. The Hall–Kier alpha value is -2.93. The van der Waals surface area contributed by atoms with Crippen LogP contribution in [0.2, 0.25) is 0 Å². The van der Waals surface area contributed by atoms with E-state index in [0.29, 0.717) is 16.8 Å². The fourth-order valence-electron chi connectivity index (χ4n) is 1.93. The van der Waals surface area contributed by atoms with Gasteiger partial charge in [-0.3, -0.25) is 9.59 Å². The Morgan fingerprint density at radius 1 is 1.05 bits per heavy atom. The van der Waals surface area contributed by atoms with Crippen LogP contribution in [0.3, 0.4) is 0 Å². The topological polar surface area (TPSA) is 70.0 Å². The van der Waals surface area contributed by atoms with E-state index in [1.165, 1.54) is 6.92 Å². The van der Waals surface area contributed by atoms with Crippen molar-refractivity contribution in [3.63, 3.8) is 0 Å². The molecule has 21 heavy (non-hydrogen) atoms. The average molecular weight is 278 g/mol. The molecular weight excluding hydrogens is 264 g/mol. The number of Topliss-reactive ketones (excluding diaryl/α,β-unsaturated/α-hetero) is 1. The zero-order valence-corrected chi connectivity index (χ0v) is 11.5. The second kappa shape index (κ2) is 6.49. The van der Waals surface area contributed by atoms with Crippen LogP contribution in [-0.2, 0) is 4.79 Å². The van der Waals surface area contributed by atoms with Crippen molar-refractivity contribution in [1.29, 1.82) is 5.26 Å². The lowest BCUT2D eigenvalue weighted by Crippen LogP contribution is -2.20. The Morgan fingerprint density at radius 2 is 1.67 bits per heavy atom. The van der Waals surface area contributed by atoms with Gasteiger partial charge in [0.2, 0.25) is 5.91 Å². The van der Waals surface area contributed by atoms with Gasteiger partial charge in [0, 0.05) is 11.3 Å². The minimum atomic E-state index is -0.862. The molecule has 0 radical (unpaired) electrons. The lowest BCUT2D eigenvalue weighted by molar-refractivity contribution is -0.116. The van der Waals surface area contributed by atoms with Crippen molar-refractivity contribution in [2.45, 2.75) is 12.8 Å². The third-order valence-corrected chi connectivity index (χ3v) is 3.08. The van der Waals surface area contributed by atoms with Gasteiger partial charge < -0.3 is 5.32 Å². The van der Waals surface area contributed by atoms with Crippen LogP contribution in [0, 0.1) is 11.3 Å². The number of rotatable bonds is 4. The van der Waals surface area contributed by atoms with Gasteiger partial charge in [-0.2, -0.15) is 5.26 Å². The summed E-state index contributed by atoms with van der Waals surface area (Å²) in [6, 6.07) is 17.5. The molecule has 2 aromatic carbocycles. The first-order valence-corrected chi connectivity index (χ1v) is 6.48. The van der Waals surface area contributed by atoms with Crippen LogP contribution in [0.5, 0.6) is 0 Å². The molecule has 2 aromatic rings. The average Bonchev–Trinajstić information content (AvgIpc) is 2.49. The number of amides is 1. The summed E-state index contributed by atoms with van der Waals surface area (Å²) >= 11 is 0. The highest BCUT2D eigenvalue weighted by molar-refractivity contribution is 5.98. The van der Waals surface area contributed by atoms with Crippen LogP contribution < -0.4 is 5.32 Å². The molecule has 4 nitrogen and oxygen atoms in total. The summed E-state index contributed by atoms with van der Waals surface area (Å²) in [5, 5.41) is 11.9. The van der Waals surface area contributed by atoms with Gasteiger partial charge in [-0.25, -0.2) is 0 Å². The van der Waals surface area contributed by atoms with Crippen LogP contribution in [0.15, 0.2) is 54.6 Å². The normalized spacial score (nSPS) is 11.2. The van der Waals surface area contributed by atoms with Crippen LogP contribution >= 0.6 is 0 Å². The fraction of sp³-hybridized carbons (Fsp3) is 0.118. The van der Waals surface area contributed by atoms with Crippen LogP contribution in [-0.4, -0.2) is 11.7 Å². The molecule has 1 atom stereocenters. The van der Waals surface area contributed by atoms with E-state index in [4.69, 9.17) is 0 Å². The monoisotopic (exact) mass is 278 g/mol. The third-order valence-electron chi connectivity index (χ3n) is 3.08. The Labute approximate surface area is 123 Å². The molecule has 2 rings (SSSR count).